The predicted molar refractivity (Wildman–Crippen MR) is 101 cm³/mol. The summed E-state index contributed by atoms with van der Waals surface area (Å²) in [7, 11) is 0. The Kier molecular flexibility index (Phi) is 4.51. The topological polar surface area (TPSA) is 92.3 Å². The summed E-state index contributed by atoms with van der Waals surface area (Å²) in [6.07, 6.45) is 3.45. The molecule has 27 heavy (non-hydrogen) atoms. The Morgan fingerprint density at radius 3 is 2.63 bits per heavy atom. The molecule has 140 valence electrons. The van der Waals surface area contributed by atoms with Gasteiger partial charge in [-0.2, -0.15) is 0 Å². The van der Waals surface area contributed by atoms with Gasteiger partial charge in [0.05, 0.1) is 11.1 Å². The van der Waals surface area contributed by atoms with Crippen molar-refractivity contribution in [2.75, 3.05) is 11.9 Å². The number of anilines is 1. The van der Waals surface area contributed by atoms with Gasteiger partial charge in [-0.1, -0.05) is 31.6 Å². The molecule has 1 aliphatic carbocycles. The maximum atomic E-state index is 12.5. The number of imide groups is 1. The number of benzene rings is 1. The zero-order valence-electron chi connectivity index (χ0n) is 15.2. The normalized spacial score (nSPS) is 16.6. The number of rotatable bonds is 5. The van der Waals surface area contributed by atoms with E-state index in [0.717, 1.165) is 17.8 Å². The van der Waals surface area contributed by atoms with Gasteiger partial charge in [-0.05, 0) is 37.0 Å². The second kappa shape index (κ2) is 6.84. The van der Waals surface area contributed by atoms with Gasteiger partial charge < -0.3 is 0 Å². The Morgan fingerprint density at radius 2 is 1.96 bits per heavy atom. The van der Waals surface area contributed by atoms with Crippen molar-refractivity contribution >= 4 is 34.2 Å². The number of hydrogen-bond acceptors (Lipinski definition) is 6. The highest BCUT2D eigenvalue weighted by atomic mass is 32.1. The first-order valence-corrected chi connectivity index (χ1v) is 9.90. The molecular weight excluding hydrogens is 364 g/mol. The molecule has 1 aromatic heterocycles. The summed E-state index contributed by atoms with van der Waals surface area (Å²) in [6.45, 7) is 4.26. The first-order valence-electron chi connectivity index (χ1n) is 9.09. The zero-order chi connectivity index (χ0) is 19.1. The van der Waals surface area contributed by atoms with Crippen LogP contribution in [0, 0.1) is 5.92 Å². The van der Waals surface area contributed by atoms with E-state index in [9.17, 15) is 14.4 Å². The summed E-state index contributed by atoms with van der Waals surface area (Å²) >= 11 is 1.39. The van der Waals surface area contributed by atoms with Crippen LogP contribution in [0.1, 0.15) is 75.1 Å². The summed E-state index contributed by atoms with van der Waals surface area (Å²) in [5.74, 6) is -0.371. The van der Waals surface area contributed by atoms with Crippen molar-refractivity contribution in [1.82, 2.24) is 15.1 Å². The van der Waals surface area contributed by atoms with E-state index in [1.807, 2.05) is 13.8 Å². The molecule has 1 aromatic carbocycles. The molecule has 0 bridgehead atoms. The van der Waals surface area contributed by atoms with Gasteiger partial charge in [-0.25, -0.2) is 0 Å². The number of nitrogens with zero attached hydrogens (tertiary/aromatic N) is 3. The van der Waals surface area contributed by atoms with E-state index in [1.54, 1.807) is 12.1 Å². The molecule has 1 fully saturated rings. The van der Waals surface area contributed by atoms with E-state index in [4.69, 9.17) is 0 Å². The van der Waals surface area contributed by atoms with Crippen LogP contribution in [0.25, 0.3) is 0 Å². The quantitative estimate of drug-likeness (QED) is 0.799. The summed E-state index contributed by atoms with van der Waals surface area (Å²) < 4.78 is 0. The van der Waals surface area contributed by atoms with Crippen LogP contribution < -0.4 is 5.32 Å². The minimum absolute atomic E-state index is 0.178. The molecule has 0 unspecified atom stereocenters. The van der Waals surface area contributed by atoms with Gasteiger partial charge in [0.1, 0.15) is 5.01 Å². The van der Waals surface area contributed by atoms with Crippen LogP contribution in [-0.2, 0) is 0 Å². The van der Waals surface area contributed by atoms with Gasteiger partial charge in [0.15, 0.2) is 0 Å². The fourth-order valence-corrected chi connectivity index (χ4v) is 4.14. The lowest BCUT2D eigenvalue weighted by Gasteiger charge is -2.21. The second-order valence-electron chi connectivity index (χ2n) is 7.40. The fraction of sp³-hybridized carbons (Fsp3) is 0.421. The van der Waals surface area contributed by atoms with Crippen molar-refractivity contribution in [3.63, 3.8) is 0 Å². The van der Waals surface area contributed by atoms with Gasteiger partial charge in [-0.15, -0.1) is 10.2 Å². The van der Waals surface area contributed by atoms with Crippen LogP contribution in [0.2, 0.25) is 0 Å². The Bertz CT molecular complexity index is 933. The van der Waals surface area contributed by atoms with Gasteiger partial charge >= 0.3 is 0 Å². The number of carbonyl (C=O) groups is 3. The third-order valence-electron chi connectivity index (χ3n) is 4.90. The van der Waals surface area contributed by atoms with E-state index >= 15 is 0 Å². The Morgan fingerprint density at radius 1 is 1.22 bits per heavy atom. The molecule has 2 aliphatic rings. The van der Waals surface area contributed by atoms with Crippen molar-refractivity contribution < 1.29 is 14.4 Å². The van der Waals surface area contributed by atoms with Gasteiger partial charge in [0.25, 0.3) is 17.7 Å². The number of carbonyl (C=O) groups excluding carboxylic acids is 3. The lowest BCUT2D eigenvalue weighted by molar-refractivity contribution is 0.0636. The molecule has 0 spiro atoms. The van der Waals surface area contributed by atoms with Crippen LogP contribution in [0.5, 0.6) is 0 Å². The third-order valence-corrected chi connectivity index (χ3v) is 5.90. The molecule has 2 heterocycles. The molecule has 1 aliphatic heterocycles. The summed E-state index contributed by atoms with van der Waals surface area (Å²) in [5, 5.41) is 12.3. The number of amides is 3. The van der Waals surface area contributed by atoms with Crippen LogP contribution in [0.15, 0.2) is 18.2 Å². The minimum Gasteiger partial charge on any atom is -0.296 e. The average molecular weight is 384 g/mol. The van der Waals surface area contributed by atoms with E-state index in [2.05, 4.69) is 15.5 Å². The molecule has 0 saturated heterocycles. The number of fused-ring (bicyclic) bond motifs is 1. The first-order chi connectivity index (χ1) is 12.9. The van der Waals surface area contributed by atoms with E-state index in [0.29, 0.717) is 28.7 Å². The maximum Gasteiger partial charge on any atom is 0.261 e. The smallest absolute Gasteiger partial charge is 0.261 e. The molecule has 0 atom stereocenters. The SMILES string of the molecule is CC(C)CN1C(=O)c2ccc(C(=O)Nc3nnc(C4CCC4)s3)cc2C1=O. The summed E-state index contributed by atoms with van der Waals surface area (Å²) in [4.78, 5) is 38.7. The molecule has 3 amide bonds. The standard InChI is InChI=1S/C19H20N4O3S/c1-10(2)9-23-17(25)13-7-6-12(8-14(13)18(23)26)15(24)20-19-22-21-16(27-19)11-4-3-5-11/h6-8,10-11H,3-5,9H2,1-2H3,(H,20,22,24). The Balaban J connectivity index is 1.51. The van der Waals surface area contributed by atoms with Crippen molar-refractivity contribution in [1.29, 1.82) is 0 Å². The monoisotopic (exact) mass is 384 g/mol. The highest BCUT2D eigenvalue weighted by Crippen LogP contribution is 2.38. The highest BCUT2D eigenvalue weighted by molar-refractivity contribution is 7.15. The summed E-state index contributed by atoms with van der Waals surface area (Å²) in [5.41, 5.74) is 0.947. The Hall–Kier alpha value is -2.61. The van der Waals surface area contributed by atoms with E-state index < -0.39 is 0 Å². The minimum atomic E-state index is -0.364. The van der Waals surface area contributed by atoms with Gasteiger partial charge in [0.2, 0.25) is 5.13 Å². The molecular formula is C19H20N4O3S. The summed E-state index contributed by atoms with van der Waals surface area (Å²) in [6, 6.07) is 4.59. The third kappa shape index (κ3) is 3.25. The number of aromatic nitrogens is 2. The number of hydrogen-bond donors (Lipinski definition) is 1. The predicted octanol–water partition coefficient (Wildman–Crippen LogP) is 3.31. The van der Waals surface area contributed by atoms with Crippen LogP contribution >= 0.6 is 11.3 Å². The van der Waals surface area contributed by atoms with Gasteiger partial charge in [-0.3, -0.25) is 24.6 Å². The van der Waals surface area contributed by atoms with Crippen molar-refractivity contribution in [3.8, 4) is 0 Å². The fourth-order valence-electron chi connectivity index (χ4n) is 3.24. The molecule has 4 rings (SSSR count). The Labute approximate surface area is 160 Å². The zero-order valence-corrected chi connectivity index (χ0v) is 16.0. The second-order valence-corrected chi connectivity index (χ2v) is 8.41. The van der Waals surface area contributed by atoms with Crippen LogP contribution in [-0.4, -0.2) is 39.4 Å². The molecule has 7 nitrogen and oxygen atoms in total. The molecule has 2 aromatic rings. The lowest BCUT2D eigenvalue weighted by Crippen LogP contribution is -2.33. The molecule has 0 radical (unpaired) electrons. The van der Waals surface area contributed by atoms with Gasteiger partial charge in [0, 0.05) is 18.0 Å². The highest BCUT2D eigenvalue weighted by Gasteiger charge is 2.36. The molecule has 1 saturated carbocycles. The van der Waals surface area contributed by atoms with Crippen LogP contribution in [0.3, 0.4) is 0 Å². The maximum absolute atomic E-state index is 12.5. The molecule has 1 N–H and O–H groups in total. The van der Waals surface area contributed by atoms with Crippen molar-refractivity contribution in [2.24, 2.45) is 5.92 Å². The van der Waals surface area contributed by atoms with Crippen molar-refractivity contribution in [2.45, 2.75) is 39.0 Å². The largest absolute Gasteiger partial charge is 0.296 e. The average Bonchev–Trinajstić information content (AvgIpc) is 3.12. The lowest BCUT2D eigenvalue weighted by atomic mass is 9.86. The number of nitrogens with one attached hydrogen (secondary N) is 1. The van der Waals surface area contributed by atoms with E-state index in [1.165, 1.54) is 28.7 Å². The van der Waals surface area contributed by atoms with E-state index in [-0.39, 0.29) is 29.2 Å². The molecule has 8 heteroatoms. The first kappa shape index (κ1) is 17.8. The van der Waals surface area contributed by atoms with Crippen LogP contribution in [0.4, 0.5) is 5.13 Å². The van der Waals surface area contributed by atoms with Crippen molar-refractivity contribution in [3.05, 3.63) is 39.9 Å².